The maximum absolute atomic E-state index is 13.2. The van der Waals surface area contributed by atoms with Gasteiger partial charge in [-0.05, 0) is 38.0 Å². The van der Waals surface area contributed by atoms with E-state index in [2.05, 4.69) is 49.7 Å². The first-order valence-electron chi connectivity index (χ1n) is 9.86. The molecule has 0 saturated carbocycles. The van der Waals surface area contributed by atoms with E-state index in [0.717, 1.165) is 33.6 Å². The zero-order chi connectivity index (χ0) is 20.1. The van der Waals surface area contributed by atoms with Crippen LogP contribution in [0.4, 0.5) is 5.69 Å². The van der Waals surface area contributed by atoms with Crippen LogP contribution in [0.25, 0.3) is 22.4 Å². The Labute approximate surface area is 166 Å². The minimum absolute atomic E-state index is 0.0772. The molecule has 0 unspecified atom stereocenters. The average Bonchev–Trinajstić information content (AvgIpc) is 3.09. The molecule has 2 heterocycles. The van der Waals surface area contributed by atoms with Gasteiger partial charge < -0.3 is 4.90 Å². The van der Waals surface area contributed by atoms with Crippen LogP contribution < -0.4 is 4.90 Å². The minimum atomic E-state index is -0.179. The Morgan fingerprint density at radius 2 is 1.61 bits per heavy atom. The van der Waals surface area contributed by atoms with Gasteiger partial charge in [0.1, 0.15) is 0 Å². The van der Waals surface area contributed by atoms with Gasteiger partial charge in [-0.25, -0.2) is 0 Å². The molecule has 0 fully saturated rings. The number of nitrogens with zero attached hydrogens (tertiary/aromatic N) is 3. The van der Waals surface area contributed by atoms with Gasteiger partial charge in [-0.1, -0.05) is 56.3 Å². The molecule has 4 heteroatoms. The lowest BCUT2D eigenvalue weighted by atomic mass is 9.92. The van der Waals surface area contributed by atoms with Gasteiger partial charge in [0.05, 0.1) is 29.7 Å². The molecule has 1 amide bonds. The van der Waals surface area contributed by atoms with Crippen LogP contribution in [-0.2, 0) is 16.9 Å². The van der Waals surface area contributed by atoms with Gasteiger partial charge in [0, 0.05) is 17.0 Å². The van der Waals surface area contributed by atoms with E-state index in [9.17, 15) is 4.79 Å². The molecule has 2 aromatic carbocycles. The lowest BCUT2D eigenvalue weighted by Crippen LogP contribution is -2.35. The molecule has 4 rings (SSSR count). The second-order valence-electron chi connectivity index (χ2n) is 8.74. The molecule has 1 aromatic heterocycles. The fraction of sp³-hybridized carbons (Fsp3) is 0.333. The third-order valence-electron chi connectivity index (χ3n) is 5.25. The van der Waals surface area contributed by atoms with E-state index in [1.807, 2.05) is 49.2 Å². The normalized spacial score (nSPS) is 13.4. The van der Waals surface area contributed by atoms with Gasteiger partial charge in [0.15, 0.2) is 0 Å². The van der Waals surface area contributed by atoms with Crippen molar-refractivity contribution in [2.75, 3.05) is 4.90 Å². The zero-order valence-corrected chi connectivity index (χ0v) is 17.2. The molecule has 0 atom stereocenters. The van der Waals surface area contributed by atoms with Crippen molar-refractivity contribution in [3.8, 4) is 22.4 Å². The number of fused-ring (bicyclic) bond motifs is 5. The first-order valence-corrected chi connectivity index (χ1v) is 9.86. The van der Waals surface area contributed by atoms with Crippen LogP contribution in [0.2, 0.25) is 0 Å². The molecule has 0 saturated heterocycles. The monoisotopic (exact) mass is 373 g/mol. The van der Waals surface area contributed by atoms with Crippen LogP contribution in [-0.4, -0.2) is 15.7 Å². The van der Waals surface area contributed by atoms with Crippen LogP contribution >= 0.6 is 0 Å². The number of hydrogen-bond acceptors (Lipinski definition) is 2. The Hall–Kier alpha value is -2.88. The van der Waals surface area contributed by atoms with Crippen molar-refractivity contribution in [1.29, 1.82) is 0 Å². The minimum Gasteiger partial charge on any atom is -0.307 e. The summed E-state index contributed by atoms with van der Waals surface area (Å²) in [6, 6.07) is 16.5. The summed E-state index contributed by atoms with van der Waals surface area (Å²) in [5, 5.41) is 4.77. The molecule has 144 valence electrons. The number of anilines is 1. The molecule has 3 aromatic rings. The van der Waals surface area contributed by atoms with Crippen molar-refractivity contribution < 1.29 is 4.79 Å². The molecule has 0 bridgehead atoms. The lowest BCUT2D eigenvalue weighted by Gasteiger charge is -2.31. The van der Waals surface area contributed by atoms with Crippen LogP contribution in [0.3, 0.4) is 0 Å². The van der Waals surface area contributed by atoms with Crippen molar-refractivity contribution in [3.63, 3.8) is 0 Å². The van der Waals surface area contributed by atoms with Crippen molar-refractivity contribution >= 4 is 11.6 Å². The number of carbonyl (C=O) groups excluding carboxylic acids is 1. The number of para-hydroxylation sites is 1. The quantitative estimate of drug-likeness (QED) is 0.567. The van der Waals surface area contributed by atoms with Crippen LogP contribution in [0.1, 0.15) is 40.2 Å². The highest BCUT2D eigenvalue weighted by molar-refractivity contribution is 6.01. The lowest BCUT2D eigenvalue weighted by molar-refractivity contribution is -0.121. The van der Waals surface area contributed by atoms with Gasteiger partial charge in [-0.15, -0.1) is 0 Å². The molecule has 4 nitrogen and oxygen atoms in total. The van der Waals surface area contributed by atoms with Gasteiger partial charge in [0.2, 0.25) is 5.91 Å². The summed E-state index contributed by atoms with van der Waals surface area (Å²) in [6.45, 7) is 10.9. The van der Waals surface area contributed by atoms with E-state index in [1.165, 1.54) is 0 Å². The molecule has 1 aliphatic heterocycles. The zero-order valence-electron chi connectivity index (χ0n) is 17.2. The smallest absolute Gasteiger partial charge is 0.229 e. The van der Waals surface area contributed by atoms with Crippen molar-refractivity contribution in [2.45, 2.75) is 46.7 Å². The Kier molecular flexibility index (Phi) is 4.37. The summed E-state index contributed by atoms with van der Waals surface area (Å²) in [4.78, 5) is 15.1. The molecule has 0 spiro atoms. The first kappa shape index (κ1) is 18.5. The fourth-order valence-corrected chi connectivity index (χ4v) is 3.91. The predicted molar refractivity (Wildman–Crippen MR) is 114 cm³/mol. The third kappa shape index (κ3) is 2.93. The number of benzene rings is 2. The third-order valence-corrected chi connectivity index (χ3v) is 5.25. The number of carbonyl (C=O) groups is 1. The molecule has 0 N–H and O–H groups in total. The number of amides is 1. The summed E-state index contributed by atoms with van der Waals surface area (Å²) in [7, 11) is 0. The maximum Gasteiger partial charge on any atom is 0.229 e. The van der Waals surface area contributed by atoms with Crippen molar-refractivity contribution in [1.82, 2.24) is 9.78 Å². The highest BCUT2D eigenvalue weighted by Crippen LogP contribution is 2.43. The second kappa shape index (κ2) is 6.62. The van der Waals surface area contributed by atoms with E-state index in [4.69, 9.17) is 5.10 Å². The number of aromatic nitrogens is 2. The summed E-state index contributed by atoms with van der Waals surface area (Å²) in [5.41, 5.74) is 6.29. The standard InChI is InChI=1S/C24H27N3O/c1-16(2)23(28)26-15-17-10-6-7-11-18(17)20-14-25-27(24(3,4)5)22(20)19-12-8-9-13-21(19)26/h6-14,16H,15H2,1-5H3. The first-order chi connectivity index (χ1) is 13.3. The van der Waals surface area contributed by atoms with E-state index in [0.29, 0.717) is 6.54 Å². The Bertz CT molecular complexity index is 1040. The Morgan fingerprint density at radius 1 is 0.964 bits per heavy atom. The topological polar surface area (TPSA) is 38.1 Å². The highest BCUT2D eigenvalue weighted by Gasteiger charge is 2.31. The van der Waals surface area contributed by atoms with Crippen molar-refractivity contribution in [3.05, 3.63) is 60.3 Å². The molecular formula is C24H27N3O. The molecule has 0 radical (unpaired) electrons. The second-order valence-corrected chi connectivity index (χ2v) is 8.74. The largest absolute Gasteiger partial charge is 0.307 e. The van der Waals surface area contributed by atoms with Crippen LogP contribution in [0.15, 0.2) is 54.7 Å². The van der Waals surface area contributed by atoms with E-state index >= 15 is 0 Å². The maximum atomic E-state index is 13.2. The summed E-state index contributed by atoms with van der Waals surface area (Å²) in [6.07, 6.45) is 1.97. The molecule has 28 heavy (non-hydrogen) atoms. The summed E-state index contributed by atoms with van der Waals surface area (Å²) in [5.74, 6) is 0.0548. The van der Waals surface area contributed by atoms with Gasteiger partial charge in [-0.2, -0.15) is 5.10 Å². The van der Waals surface area contributed by atoms with E-state index < -0.39 is 0 Å². The fourth-order valence-electron chi connectivity index (χ4n) is 3.91. The van der Waals surface area contributed by atoms with Gasteiger partial charge >= 0.3 is 0 Å². The average molecular weight is 374 g/mol. The van der Waals surface area contributed by atoms with E-state index in [1.54, 1.807) is 0 Å². The SMILES string of the molecule is CC(C)C(=O)N1Cc2ccccc2-c2cnn(C(C)(C)C)c2-c2ccccc21. The summed E-state index contributed by atoms with van der Waals surface area (Å²) >= 11 is 0. The van der Waals surface area contributed by atoms with Gasteiger partial charge in [-0.3, -0.25) is 9.48 Å². The van der Waals surface area contributed by atoms with Crippen LogP contribution in [0, 0.1) is 5.92 Å². The van der Waals surface area contributed by atoms with E-state index in [-0.39, 0.29) is 17.4 Å². The molecule has 1 aliphatic rings. The number of rotatable bonds is 1. The number of hydrogen-bond donors (Lipinski definition) is 0. The Morgan fingerprint density at radius 3 is 2.29 bits per heavy atom. The molecule has 0 aliphatic carbocycles. The Balaban J connectivity index is 2.09. The highest BCUT2D eigenvalue weighted by atomic mass is 16.2. The van der Waals surface area contributed by atoms with Crippen molar-refractivity contribution in [2.24, 2.45) is 5.92 Å². The van der Waals surface area contributed by atoms with Gasteiger partial charge in [0.25, 0.3) is 0 Å². The summed E-state index contributed by atoms with van der Waals surface area (Å²) < 4.78 is 2.08. The van der Waals surface area contributed by atoms with Crippen LogP contribution in [0.5, 0.6) is 0 Å². The molecular weight excluding hydrogens is 346 g/mol. The predicted octanol–water partition coefficient (Wildman–Crippen LogP) is 5.47.